The molecule has 0 aliphatic heterocycles. The molecule has 0 saturated carbocycles. The number of hydrogen-bond donors (Lipinski definition) is 2. The highest BCUT2D eigenvalue weighted by Crippen LogP contribution is 2.27. The van der Waals surface area contributed by atoms with Crippen LogP contribution >= 0.6 is 0 Å². The van der Waals surface area contributed by atoms with Gasteiger partial charge in [0.2, 0.25) is 5.95 Å². The molecule has 1 aromatic carbocycles. The van der Waals surface area contributed by atoms with Crippen LogP contribution in [-0.4, -0.2) is 19.7 Å². The van der Waals surface area contributed by atoms with Gasteiger partial charge in [-0.05, 0) is 26.0 Å². The van der Waals surface area contributed by atoms with Crippen LogP contribution in [0.5, 0.6) is 0 Å². The number of hydrogen-bond acceptors (Lipinski definition) is 5. The van der Waals surface area contributed by atoms with Crippen LogP contribution in [0.1, 0.15) is 11.4 Å². The minimum absolute atomic E-state index is 0.235. The third-order valence-electron chi connectivity index (χ3n) is 3.55. The van der Waals surface area contributed by atoms with Gasteiger partial charge in [-0.15, -0.1) is 0 Å². The molecule has 112 valence electrons. The zero-order valence-electron chi connectivity index (χ0n) is 12.8. The van der Waals surface area contributed by atoms with Crippen molar-refractivity contribution < 1.29 is 0 Å². The van der Waals surface area contributed by atoms with Gasteiger partial charge in [0, 0.05) is 30.1 Å². The number of nitrogens with zero attached hydrogens (tertiary/aromatic N) is 4. The summed E-state index contributed by atoms with van der Waals surface area (Å²) in [4.78, 5) is 8.60. The molecule has 3 aromatic rings. The van der Waals surface area contributed by atoms with Crippen molar-refractivity contribution in [3.05, 3.63) is 47.8 Å². The molecular weight excluding hydrogens is 276 g/mol. The largest absolute Gasteiger partial charge is 0.368 e. The first-order valence-electron chi connectivity index (χ1n) is 7.02. The Hall–Kier alpha value is -2.89. The maximum atomic E-state index is 5.87. The number of aryl methyl sites for hydroxylation is 2. The minimum Gasteiger partial charge on any atom is -0.368 e. The molecule has 0 unspecified atom stereocenters. The summed E-state index contributed by atoms with van der Waals surface area (Å²) in [5.41, 5.74) is 10.5. The molecule has 6 heteroatoms. The van der Waals surface area contributed by atoms with Crippen LogP contribution in [-0.2, 0) is 7.05 Å². The first-order valence-corrected chi connectivity index (χ1v) is 7.02. The molecule has 2 aromatic heterocycles. The highest BCUT2D eigenvalue weighted by molar-refractivity contribution is 5.70. The second-order valence-corrected chi connectivity index (χ2v) is 5.16. The van der Waals surface area contributed by atoms with Gasteiger partial charge in [0.1, 0.15) is 5.82 Å². The fraction of sp³-hybridized carbons (Fsp3) is 0.188. The van der Waals surface area contributed by atoms with Crippen molar-refractivity contribution in [2.45, 2.75) is 13.8 Å². The Morgan fingerprint density at radius 1 is 1.09 bits per heavy atom. The lowest BCUT2D eigenvalue weighted by atomic mass is 10.1. The molecule has 0 spiro atoms. The summed E-state index contributed by atoms with van der Waals surface area (Å²) in [7, 11) is 1.92. The highest BCUT2D eigenvalue weighted by atomic mass is 15.3. The second kappa shape index (κ2) is 5.48. The lowest BCUT2D eigenvalue weighted by Crippen LogP contribution is -2.02. The van der Waals surface area contributed by atoms with Crippen LogP contribution in [0, 0.1) is 13.8 Å². The van der Waals surface area contributed by atoms with E-state index in [1.165, 1.54) is 0 Å². The van der Waals surface area contributed by atoms with Gasteiger partial charge in [-0.25, -0.2) is 4.98 Å². The van der Waals surface area contributed by atoms with E-state index in [4.69, 9.17) is 5.73 Å². The molecule has 6 nitrogen and oxygen atoms in total. The normalized spacial score (nSPS) is 10.7. The van der Waals surface area contributed by atoms with Crippen LogP contribution in [0.2, 0.25) is 0 Å². The van der Waals surface area contributed by atoms with Crippen molar-refractivity contribution in [2.24, 2.45) is 7.05 Å². The molecule has 0 aliphatic rings. The Kier molecular flexibility index (Phi) is 3.50. The van der Waals surface area contributed by atoms with E-state index in [2.05, 4.69) is 20.4 Å². The Labute approximate surface area is 129 Å². The molecule has 0 radical (unpaired) electrons. The first-order chi connectivity index (χ1) is 10.5. The first kappa shape index (κ1) is 14.1. The molecule has 0 saturated heterocycles. The SMILES string of the molecule is Cc1nn(C)c(C)c1-c1cc(Nc2ccccc2)nc(N)n1. The summed E-state index contributed by atoms with van der Waals surface area (Å²) in [5, 5.41) is 7.67. The second-order valence-electron chi connectivity index (χ2n) is 5.16. The van der Waals surface area contributed by atoms with Crippen molar-refractivity contribution in [2.75, 3.05) is 11.1 Å². The third kappa shape index (κ3) is 2.63. The summed E-state index contributed by atoms with van der Waals surface area (Å²) >= 11 is 0. The summed E-state index contributed by atoms with van der Waals surface area (Å²) in [5.74, 6) is 0.898. The van der Waals surface area contributed by atoms with E-state index < -0.39 is 0 Å². The summed E-state index contributed by atoms with van der Waals surface area (Å²) in [6.45, 7) is 3.98. The molecule has 0 amide bonds. The molecule has 2 heterocycles. The Morgan fingerprint density at radius 3 is 2.45 bits per heavy atom. The van der Waals surface area contributed by atoms with Gasteiger partial charge in [0.15, 0.2) is 0 Å². The molecule has 3 rings (SSSR count). The maximum Gasteiger partial charge on any atom is 0.222 e. The fourth-order valence-electron chi connectivity index (χ4n) is 2.47. The summed E-state index contributed by atoms with van der Waals surface area (Å²) < 4.78 is 1.84. The molecule has 0 atom stereocenters. The fourth-order valence-corrected chi connectivity index (χ4v) is 2.47. The number of anilines is 3. The topological polar surface area (TPSA) is 81.7 Å². The van der Waals surface area contributed by atoms with Gasteiger partial charge >= 0.3 is 0 Å². The van der Waals surface area contributed by atoms with Crippen LogP contribution in [0.4, 0.5) is 17.5 Å². The van der Waals surface area contributed by atoms with Gasteiger partial charge in [-0.3, -0.25) is 4.68 Å². The quantitative estimate of drug-likeness (QED) is 0.776. The van der Waals surface area contributed by atoms with E-state index in [0.29, 0.717) is 5.82 Å². The third-order valence-corrected chi connectivity index (χ3v) is 3.55. The highest BCUT2D eigenvalue weighted by Gasteiger charge is 2.14. The number of para-hydroxylation sites is 1. The number of benzene rings is 1. The molecule has 22 heavy (non-hydrogen) atoms. The van der Waals surface area contributed by atoms with Crippen molar-refractivity contribution >= 4 is 17.5 Å². The lowest BCUT2D eigenvalue weighted by Gasteiger charge is -2.09. The maximum absolute atomic E-state index is 5.87. The van der Waals surface area contributed by atoms with Crippen LogP contribution in [0.3, 0.4) is 0 Å². The van der Waals surface area contributed by atoms with Gasteiger partial charge in [-0.1, -0.05) is 18.2 Å². The van der Waals surface area contributed by atoms with E-state index in [1.807, 2.05) is 62.0 Å². The van der Waals surface area contributed by atoms with E-state index in [0.717, 1.165) is 28.3 Å². The van der Waals surface area contributed by atoms with E-state index in [-0.39, 0.29) is 5.95 Å². The Bertz CT molecular complexity index is 807. The van der Waals surface area contributed by atoms with Crippen LogP contribution < -0.4 is 11.1 Å². The standard InChI is InChI=1S/C16H18N6/c1-10-15(11(2)22(3)21-10)13-9-14(20-16(17)19-13)18-12-7-5-4-6-8-12/h4-9H,1-3H3,(H3,17,18,19,20). The molecule has 0 aliphatic carbocycles. The summed E-state index contributed by atoms with van der Waals surface area (Å²) in [6.07, 6.45) is 0. The van der Waals surface area contributed by atoms with Crippen molar-refractivity contribution in [3.8, 4) is 11.3 Å². The predicted molar refractivity (Wildman–Crippen MR) is 87.8 cm³/mol. The van der Waals surface area contributed by atoms with Gasteiger partial charge in [-0.2, -0.15) is 10.1 Å². The number of nitrogens with one attached hydrogen (secondary N) is 1. The zero-order valence-corrected chi connectivity index (χ0v) is 12.8. The van der Waals surface area contributed by atoms with E-state index in [1.54, 1.807) is 0 Å². The Morgan fingerprint density at radius 2 is 1.82 bits per heavy atom. The van der Waals surface area contributed by atoms with Gasteiger partial charge in [0.25, 0.3) is 0 Å². The smallest absolute Gasteiger partial charge is 0.222 e. The zero-order chi connectivity index (χ0) is 15.7. The summed E-state index contributed by atoms with van der Waals surface area (Å²) in [6, 6.07) is 11.7. The average Bonchev–Trinajstić information content (AvgIpc) is 2.72. The Balaban J connectivity index is 2.03. The van der Waals surface area contributed by atoms with Crippen molar-refractivity contribution in [1.29, 1.82) is 0 Å². The minimum atomic E-state index is 0.235. The van der Waals surface area contributed by atoms with Crippen LogP contribution in [0.25, 0.3) is 11.3 Å². The number of aromatic nitrogens is 4. The van der Waals surface area contributed by atoms with Crippen molar-refractivity contribution in [3.63, 3.8) is 0 Å². The van der Waals surface area contributed by atoms with Gasteiger partial charge in [0.05, 0.1) is 11.4 Å². The monoisotopic (exact) mass is 294 g/mol. The number of nitrogen functional groups attached to an aromatic ring is 1. The molecule has 3 N–H and O–H groups in total. The predicted octanol–water partition coefficient (Wildman–Crippen LogP) is 2.82. The van der Waals surface area contributed by atoms with E-state index >= 15 is 0 Å². The molecule has 0 fully saturated rings. The average molecular weight is 294 g/mol. The molecular formula is C16H18N6. The number of rotatable bonds is 3. The lowest BCUT2D eigenvalue weighted by molar-refractivity contribution is 0.731. The van der Waals surface area contributed by atoms with Crippen molar-refractivity contribution in [1.82, 2.24) is 19.7 Å². The van der Waals surface area contributed by atoms with Crippen LogP contribution in [0.15, 0.2) is 36.4 Å². The molecule has 0 bridgehead atoms. The van der Waals surface area contributed by atoms with Gasteiger partial charge < -0.3 is 11.1 Å². The number of nitrogens with two attached hydrogens (primary N) is 1. The van der Waals surface area contributed by atoms with E-state index in [9.17, 15) is 0 Å².